The number of benzene rings is 1. The summed E-state index contributed by atoms with van der Waals surface area (Å²) < 4.78 is 12.2. The summed E-state index contributed by atoms with van der Waals surface area (Å²) in [5, 5.41) is 2.77. The Balaban J connectivity index is 1.51. The fourth-order valence-electron chi connectivity index (χ4n) is 3.50. The van der Waals surface area contributed by atoms with Gasteiger partial charge in [0.05, 0.1) is 18.5 Å². The van der Waals surface area contributed by atoms with Crippen LogP contribution in [0.3, 0.4) is 0 Å². The number of nitrogens with zero attached hydrogens (tertiary/aromatic N) is 4. The second-order valence-corrected chi connectivity index (χ2v) is 6.84. The fraction of sp³-hybridized carbons (Fsp3) is 0.286. The van der Waals surface area contributed by atoms with Crippen LogP contribution in [0.2, 0.25) is 0 Å². The molecule has 0 spiro atoms. The van der Waals surface area contributed by atoms with E-state index >= 15 is 0 Å². The minimum absolute atomic E-state index is 0.113. The van der Waals surface area contributed by atoms with Gasteiger partial charge in [-0.25, -0.2) is 19.7 Å². The van der Waals surface area contributed by atoms with E-state index in [1.807, 2.05) is 0 Å². The highest BCUT2D eigenvalue weighted by Crippen LogP contribution is 2.27. The van der Waals surface area contributed by atoms with Gasteiger partial charge < -0.3 is 14.8 Å². The van der Waals surface area contributed by atoms with Crippen LogP contribution in [0.5, 0.6) is 11.5 Å². The predicted molar refractivity (Wildman–Crippen MR) is 109 cm³/mol. The van der Waals surface area contributed by atoms with Gasteiger partial charge in [-0.3, -0.25) is 9.36 Å². The zero-order chi connectivity index (χ0) is 20.9. The monoisotopic (exact) mass is 407 g/mol. The second-order valence-electron chi connectivity index (χ2n) is 6.84. The molecule has 0 aliphatic carbocycles. The largest absolute Gasteiger partial charge is 0.493 e. The molecule has 0 bridgehead atoms. The molecule has 9 heteroatoms. The highest BCUT2D eigenvalue weighted by molar-refractivity contribution is 5.71. The SMILES string of the molecule is COc1ccccc1OC(=O)NCC1CCCn2c1nc(-c1ccncn1)cc2=O. The van der Waals surface area contributed by atoms with Gasteiger partial charge in [0.1, 0.15) is 12.2 Å². The molecule has 30 heavy (non-hydrogen) atoms. The first-order valence-corrected chi connectivity index (χ1v) is 9.62. The van der Waals surface area contributed by atoms with Crippen LogP contribution in [0.25, 0.3) is 11.4 Å². The van der Waals surface area contributed by atoms with Gasteiger partial charge in [0.25, 0.3) is 5.56 Å². The maximum Gasteiger partial charge on any atom is 0.412 e. The first-order valence-electron chi connectivity index (χ1n) is 9.62. The summed E-state index contributed by atoms with van der Waals surface area (Å²) in [6.45, 7) is 0.904. The van der Waals surface area contributed by atoms with Crippen LogP contribution in [0.4, 0.5) is 4.79 Å². The Morgan fingerprint density at radius 3 is 2.83 bits per heavy atom. The summed E-state index contributed by atoms with van der Waals surface area (Å²) in [5.74, 6) is 1.33. The molecule has 4 rings (SSSR count). The molecule has 0 fully saturated rings. The van der Waals surface area contributed by atoms with E-state index < -0.39 is 6.09 Å². The van der Waals surface area contributed by atoms with Crippen molar-refractivity contribution >= 4 is 6.09 Å². The number of para-hydroxylation sites is 2. The third-order valence-electron chi connectivity index (χ3n) is 4.95. The lowest BCUT2D eigenvalue weighted by Gasteiger charge is -2.26. The molecule has 0 radical (unpaired) electrons. The maximum atomic E-state index is 12.6. The second kappa shape index (κ2) is 8.73. The average Bonchev–Trinajstić information content (AvgIpc) is 2.78. The lowest BCUT2D eigenvalue weighted by atomic mass is 9.98. The number of methoxy groups -OCH3 is 1. The van der Waals surface area contributed by atoms with Gasteiger partial charge in [-0.15, -0.1) is 0 Å². The third-order valence-corrected chi connectivity index (χ3v) is 4.95. The summed E-state index contributed by atoms with van der Waals surface area (Å²) in [5.41, 5.74) is 0.949. The first kappa shape index (κ1) is 19.6. The van der Waals surface area contributed by atoms with Crippen LogP contribution < -0.4 is 20.3 Å². The van der Waals surface area contributed by atoms with Crippen molar-refractivity contribution in [2.75, 3.05) is 13.7 Å². The van der Waals surface area contributed by atoms with Crippen molar-refractivity contribution < 1.29 is 14.3 Å². The number of aromatic nitrogens is 4. The number of hydrogen-bond donors (Lipinski definition) is 1. The van der Waals surface area contributed by atoms with E-state index in [1.54, 1.807) is 41.1 Å². The number of ether oxygens (including phenoxy) is 2. The number of carbonyl (C=O) groups excluding carboxylic acids is 1. The lowest BCUT2D eigenvalue weighted by Crippen LogP contribution is -2.37. The highest BCUT2D eigenvalue weighted by Gasteiger charge is 2.25. The molecule has 3 aromatic rings. The Labute approximate surface area is 172 Å². The summed E-state index contributed by atoms with van der Waals surface area (Å²) in [6, 6.07) is 10.1. The summed E-state index contributed by atoms with van der Waals surface area (Å²) in [6.07, 6.45) is 4.06. The molecule has 1 atom stereocenters. The van der Waals surface area contributed by atoms with Crippen molar-refractivity contribution in [1.82, 2.24) is 24.8 Å². The molecular formula is C21H21N5O4. The van der Waals surface area contributed by atoms with Crippen LogP contribution in [0.15, 0.2) is 53.7 Å². The van der Waals surface area contributed by atoms with Gasteiger partial charge in [-0.1, -0.05) is 12.1 Å². The van der Waals surface area contributed by atoms with Gasteiger partial charge in [0.15, 0.2) is 11.5 Å². The predicted octanol–water partition coefficient (Wildman–Crippen LogP) is 2.37. The standard InChI is InChI=1S/C21H21N5O4/c1-29-17-6-2-3-7-18(17)30-21(28)23-12-14-5-4-10-26-19(27)11-16(25-20(14)26)15-8-9-22-13-24-15/h2-3,6-9,11,13-14H,4-5,10,12H2,1H3,(H,23,28). The third kappa shape index (κ3) is 4.14. The summed E-state index contributed by atoms with van der Waals surface area (Å²) in [7, 11) is 1.51. The molecule has 2 aromatic heterocycles. The molecule has 1 aliphatic heterocycles. The molecule has 3 heterocycles. The lowest BCUT2D eigenvalue weighted by molar-refractivity contribution is 0.196. The van der Waals surface area contributed by atoms with E-state index in [4.69, 9.17) is 9.47 Å². The van der Waals surface area contributed by atoms with Crippen molar-refractivity contribution in [2.45, 2.75) is 25.3 Å². The smallest absolute Gasteiger partial charge is 0.412 e. The molecular weight excluding hydrogens is 386 g/mol. The quantitative estimate of drug-likeness (QED) is 0.692. The van der Waals surface area contributed by atoms with E-state index in [2.05, 4.69) is 20.3 Å². The van der Waals surface area contributed by atoms with E-state index in [-0.39, 0.29) is 11.5 Å². The Kier molecular flexibility index (Phi) is 5.69. The molecule has 1 amide bonds. The van der Waals surface area contributed by atoms with Crippen LogP contribution >= 0.6 is 0 Å². The molecule has 1 N–H and O–H groups in total. The Hall–Kier alpha value is -3.75. The van der Waals surface area contributed by atoms with E-state index in [0.29, 0.717) is 41.8 Å². The zero-order valence-corrected chi connectivity index (χ0v) is 16.4. The minimum Gasteiger partial charge on any atom is -0.493 e. The topological polar surface area (TPSA) is 108 Å². The van der Waals surface area contributed by atoms with E-state index in [9.17, 15) is 9.59 Å². The molecule has 9 nitrogen and oxygen atoms in total. The number of rotatable bonds is 5. The van der Waals surface area contributed by atoms with Crippen molar-refractivity contribution in [3.8, 4) is 22.9 Å². The average molecular weight is 407 g/mol. The highest BCUT2D eigenvalue weighted by atomic mass is 16.6. The van der Waals surface area contributed by atoms with Gasteiger partial charge >= 0.3 is 6.09 Å². The number of amides is 1. The van der Waals surface area contributed by atoms with Crippen LogP contribution in [0.1, 0.15) is 24.6 Å². The fourth-order valence-corrected chi connectivity index (χ4v) is 3.50. The zero-order valence-electron chi connectivity index (χ0n) is 16.4. The van der Waals surface area contributed by atoms with Crippen molar-refractivity contribution in [3.63, 3.8) is 0 Å². The van der Waals surface area contributed by atoms with Crippen LogP contribution in [-0.2, 0) is 6.54 Å². The summed E-state index contributed by atoms with van der Waals surface area (Å²) in [4.78, 5) is 37.7. The van der Waals surface area contributed by atoms with Crippen LogP contribution in [-0.4, -0.2) is 39.3 Å². The van der Waals surface area contributed by atoms with E-state index in [1.165, 1.54) is 19.5 Å². The molecule has 1 aromatic carbocycles. The Morgan fingerprint density at radius 2 is 2.07 bits per heavy atom. The number of nitrogens with one attached hydrogen (secondary N) is 1. The Bertz CT molecular complexity index is 1100. The molecule has 1 unspecified atom stereocenters. The van der Waals surface area contributed by atoms with Gasteiger partial charge in [0, 0.05) is 31.3 Å². The number of carbonyl (C=O) groups is 1. The first-order chi connectivity index (χ1) is 14.7. The molecule has 0 saturated heterocycles. The maximum absolute atomic E-state index is 12.6. The van der Waals surface area contributed by atoms with Gasteiger partial charge in [0.2, 0.25) is 0 Å². The van der Waals surface area contributed by atoms with Gasteiger partial charge in [-0.05, 0) is 31.0 Å². The summed E-state index contributed by atoms with van der Waals surface area (Å²) >= 11 is 0. The Morgan fingerprint density at radius 1 is 1.23 bits per heavy atom. The minimum atomic E-state index is -0.592. The van der Waals surface area contributed by atoms with Crippen molar-refractivity contribution in [3.05, 3.63) is 65.1 Å². The molecule has 154 valence electrons. The number of fused-ring (bicyclic) bond motifs is 1. The number of hydrogen-bond acceptors (Lipinski definition) is 7. The van der Waals surface area contributed by atoms with Crippen molar-refractivity contribution in [2.24, 2.45) is 0 Å². The van der Waals surface area contributed by atoms with Crippen LogP contribution in [0, 0.1) is 0 Å². The molecule has 1 aliphatic rings. The normalized spacial score (nSPS) is 15.2. The molecule has 0 saturated carbocycles. The van der Waals surface area contributed by atoms with E-state index in [0.717, 1.165) is 12.8 Å². The van der Waals surface area contributed by atoms with Gasteiger partial charge in [-0.2, -0.15) is 0 Å². The van der Waals surface area contributed by atoms with Crippen molar-refractivity contribution in [1.29, 1.82) is 0 Å².